The van der Waals surface area contributed by atoms with Crippen molar-refractivity contribution in [2.75, 3.05) is 18.9 Å². The molecule has 0 aliphatic rings. The molecule has 0 saturated carbocycles. The van der Waals surface area contributed by atoms with Gasteiger partial charge in [-0.05, 0) is 52.7 Å². The average Bonchev–Trinajstić information content (AvgIpc) is 2.90. The van der Waals surface area contributed by atoms with E-state index in [1.807, 2.05) is 6.92 Å². The maximum Gasteiger partial charge on any atom is 0.252 e. The van der Waals surface area contributed by atoms with Crippen molar-refractivity contribution >= 4 is 60.5 Å². The second-order valence-corrected chi connectivity index (χ2v) is 10.00. The molecule has 0 radical (unpaired) electrons. The van der Waals surface area contributed by atoms with Crippen LogP contribution < -0.4 is 5.32 Å². The van der Waals surface area contributed by atoms with Crippen LogP contribution in [0.1, 0.15) is 5.56 Å². The quantitative estimate of drug-likeness (QED) is 0.775. The van der Waals surface area contributed by atoms with Gasteiger partial charge in [0.1, 0.15) is 4.21 Å². The third kappa shape index (κ3) is 4.54. The minimum absolute atomic E-state index is 0.179. The van der Waals surface area contributed by atoms with Gasteiger partial charge in [0, 0.05) is 17.8 Å². The number of hydrogen-bond donors (Lipinski definition) is 1. The Kier molecular flexibility index (Phi) is 5.85. The molecule has 1 amide bonds. The Labute approximate surface area is 152 Å². The predicted octanol–water partition coefficient (Wildman–Crippen LogP) is 3.73. The second-order valence-electron chi connectivity index (χ2n) is 4.83. The normalized spacial score (nSPS) is 11.7. The maximum atomic E-state index is 12.4. The van der Waals surface area contributed by atoms with Gasteiger partial charge in [0.15, 0.2) is 0 Å². The Balaban J connectivity index is 2.09. The minimum atomic E-state index is -3.69. The van der Waals surface area contributed by atoms with Crippen LogP contribution in [0.3, 0.4) is 0 Å². The summed E-state index contributed by atoms with van der Waals surface area (Å²) < 4.78 is 26.6. The van der Waals surface area contributed by atoms with Gasteiger partial charge in [-0.15, -0.1) is 11.3 Å². The van der Waals surface area contributed by atoms with Gasteiger partial charge in [-0.25, -0.2) is 8.42 Å². The molecule has 9 heteroatoms. The Morgan fingerprint density at radius 2 is 2.04 bits per heavy atom. The van der Waals surface area contributed by atoms with Gasteiger partial charge >= 0.3 is 0 Å². The average molecular weight is 438 g/mol. The van der Waals surface area contributed by atoms with Crippen LogP contribution in [0.15, 0.2) is 38.3 Å². The van der Waals surface area contributed by atoms with E-state index in [2.05, 4.69) is 21.2 Å². The summed E-state index contributed by atoms with van der Waals surface area (Å²) in [5, 5.41) is 3.17. The van der Waals surface area contributed by atoms with Gasteiger partial charge in [-0.1, -0.05) is 17.7 Å². The largest absolute Gasteiger partial charge is 0.325 e. The Hall–Kier alpha value is -0.930. The highest BCUT2D eigenvalue weighted by atomic mass is 79.9. The molecule has 23 heavy (non-hydrogen) atoms. The zero-order valence-electron chi connectivity index (χ0n) is 12.3. The number of benzene rings is 1. The number of likely N-dealkylation sites (N-methyl/N-ethyl adjacent to an activating group) is 1. The zero-order valence-corrected chi connectivity index (χ0v) is 16.3. The van der Waals surface area contributed by atoms with Gasteiger partial charge in [0.05, 0.1) is 10.3 Å². The third-order valence-electron chi connectivity index (χ3n) is 3.05. The summed E-state index contributed by atoms with van der Waals surface area (Å²) in [6.07, 6.45) is 0. The summed E-state index contributed by atoms with van der Waals surface area (Å²) in [6, 6.07) is 8.28. The molecule has 2 aromatic rings. The zero-order chi connectivity index (χ0) is 17.2. The molecule has 0 atom stereocenters. The molecule has 2 rings (SSSR count). The van der Waals surface area contributed by atoms with Gasteiger partial charge < -0.3 is 5.32 Å². The molecule has 1 heterocycles. The second kappa shape index (κ2) is 7.31. The van der Waals surface area contributed by atoms with Crippen LogP contribution in [0, 0.1) is 6.92 Å². The summed E-state index contributed by atoms with van der Waals surface area (Å²) in [5.74, 6) is -0.433. The fraction of sp³-hybridized carbons (Fsp3) is 0.214. The molecule has 0 spiro atoms. The van der Waals surface area contributed by atoms with Crippen LogP contribution >= 0.6 is 38.9 Å². The van der Waals surface area contributed by atoms with Crippen molar-refractivity contribution in [3.63, 3.8) is 0 Å². The number of amides is 1. The summed E-state index contributed by atoms with van der Waals surface area (Å²) in [5.41, 5.74) is 1.41. The molecule has 0 fully saturated rings. The fourth-order valence-corrected chi connectivity index (χ4v) is 5.32. The van der Waals surface area contributed by atoms with E-state index < -0.39 is 15.9 Å². The van der Waals surface area contributed by atoms with Crippen molar-refractivity contribution in [1.82, 2.24) is 4.31 Å². The Morgan fingerprint density at radius 1 is 1.35 bits per heavy atom. The minimum Gasteiger partial charge on any atom is -0.325 e. The number of thiophene rings is 1. The molecule has 1 N–H and O–H groups in total. The molecule has 5 nitrogen and oxygen atoms in total. The molecule has 1 aromatic heterocycles. The first kappa shape index (κ1) is 18.4. The number of nitrogens with one attached hydrogen (secondary N) is 1. The van der Waals surface area contributed by atoms with Gasteiger partial charge in [0.25, 0.3) is 10.0 Å². The van der Waals surface area contributed by atoms with Crippen LogP contribution in [-0.2, 0) is 14.8 Å². The summed E-state index contributed by atoms with van der Waals surface area (Å²) in [4.78, 5) is 12.1. The van der Waals surface area contributed by atoms with E-state index >= 15 is 0 Å². The van der Waals surface area contributed by atoms with E-state index in [1.54, 1.807) is 24.3 Å². The number of nitrogens with zero attached hydrogens (tertiary/aromatic N) is 1. The molecule has 0 aliphatic heterocycles. The number of halogens is 2. The lowest BCUT2D eigenvalue weighted by atomic mass is 10.2. The van der Waals surface area contributed by atoms with E-state index in [0.717, 1.165) is 21.2 Å². The lowest BCUT2D eigenvalue weighted by Gasteiger charge is -2.16. The lowest BCUT2D eigenvalue weighted by molar-refractivity contribution is -0.116. The SMILES string of the molecule is Cc1ccc(Cl)cc1NC(=O)CN(C)S(=O)(=O)c1ccc(Br)s1. The molecular weight excluding hydrogens is 424 g/mol. The number of carbonyl (C=O) groups excluding carboxylic acids is 1. The predicted molar refractivity (Wildman–Crippen MR) is 96.7 cm³/mol. The summed E-state index contributed by atoms with van der Waals surface area (Å²) in [6.45, 7) is 1.54. The van der Waals surface area contributed by atoms with Crippen LogP contribution in [0.4, 0.5) is 5.69 Å². The molecule has 0 saturated heterocycles. The van der Waals surface area contributed by atoms with Crippen molar-refractivity contribution < 1.29 is 13.2 Å². The van der Waals surface area contributed by atoms with Crippen LogP contribution in [0.5, 0.6) is 0 Å². The fourth-order valence-electron chi connectivity index (χ4n) is 1.80. The highest BCUT2D eigenvalue weighted by Gasteiger charge is 2.24. The van der Waals surface area contributed by atoms with Crippen LogP contribution in [0.25, 0.3) is 0 Å². The molecule has 0 aliphatic carbocycles. The van der Waals surface area contributed by atoms with E-state index in [0.29, 0.717) is 14.5 Å². The molecule has 0 bridgehead atoms. The number of anilines is 1. The van der Waals surface area contributed by atoms with Crippen molar-refractivity contribution in [3.8, 4) is 0 Å². The number of sulfonamides is 1. The van der Waals surface area contributed by atoms with Crippen molar-refractivity contribution in [3.05, 3.63) is 44.7 Å². The highest BCUT2D eigenvalue weighted by Crippen LogP contribution is 2.28. The van der Waals surface area contributed by atoms with E-state index in [9.17, 15) is 13.2 Å². The smallest absolute Gasteiger partial charge is 0.252 e. The maximum absolute atomic E-state index is 12.4. The first-order chi connectivity index (χ1) is 10.7. The number of hydrogen-bond acceptors (Lipinski definition) is 4. The van der Waals surface area contributed by atoms with Gasteiger partial charge in [-0.3, -0.25) is 4.79 Å². The lowest BCUT2D eigenvalue weighted by Crippen LogP contribution is -2.34. The molecule has 124 valence electrons. The van der Waals surface area contributed by atoms with Crippen LogP contribution in [-0.4, -0.2) is 32.2 Å². The van der Waals surface area contributed by atoms with Gasteiger partial charge in [0.2, 0.25) is 5.91 Å². The van der Waals surface area contributed by atoms with Gasteiger partial charge in [-0.2, -0.15) is 4.31 Å². The van der Waals surface area contributed by atoms with Crippen molar-refractivity contribution in [2.24, 2.45) is 0 Å². The third-order valence-corrected chi connectivity index (χ3v) is 7.18. The topological polar surface area (TPSA) is 66.5 Å². The molecular formula is C14H14BrClN2O3S2. The molecule has 0 unspecified atom stereocenters. The Morgan fingerprint density at radius 3 is 2.65 bits per heavy atom. The van der Waals surface area contributed by atoms with Crippen LogP contribution in [0.2, 0.25) is 5.02 Å². The van der Waals surface area contributed by atoms with E-state index in [1.165, 1.54) is 13.1 Å². The Bertz CT molecular complexity index is 836. The number of rotatable bonds is 5. The first-order valence-corrected chi connectivity index (χ1v) is 9.90. The monoisotopic (exact) mass is 436 g/mol. The summed E-state index contributed by atoms with van der Waals surface area (Å²) >= 11 is 10.2. The number of carbonyl (C=O) groups is 1. The number of aryl methyl sites for hydroxylation is 1. The molecule has 1 aromatic carbocycles. The first-order valence-electron chi connectivity index (χ1n) is 6.48. The van der Waals surface area contributed by atoms with Crippen molar-refractivity contribution in [2.45, 2.75) is 11.1 Å². The van der Waals surface area contributed by atoms with E-state index in [-0.39, 0.29) is 10.8 Å². The van der Waals surface area contributed by atoms with Crippen molar-refractivity contribution in [1.29, 1.82) is 0 Å². The standard InChI is InChI=1S/C14H14BrClN2O3S2/c1-9-3-4-10(16)7-11(9)17-13(19)8-18(2)23(20,21)14-6-5-12(15)22-14/h3-7H,8H2,1-2H3,(H,17,19). The highest BCUT2D eigenvalue weighted by molar-refractivity contribution is 9.11. The van der Waals surface area contributed by atoms with E-state index in [4.69, 9.17) is 11.6 Å². The summed E-state index contributed by atoms with van der Waals surface area (Å²) in [7, 11) is -2.32.